The molecule has 6 nitrogen and oxygen atoms in total. The zero-order valence-electron chi connectivity index (χ0n) is 15.2. The van der Waals surface area contributed by atoms with Crippen LogP contribution in [0.15, 0.2) is 24.5 Å². The molecule has 2 fully saturated rings. The fourth-order valence-corrected chi connectivity index (χ4v) is 4.08. The number of hydrogen-bond donors (Lipinski definition) is 1. The average molecular weight is 344 g/mol. The molecule has 2 aliphatic rings. The van der Waals surface area contributed by atoms with Crippen LogP contribution in [0.1, 0.15) is 45.1 Å². The molecule has 136 valence electrons. The predicted molar refractivity (Wildman–Crippen MR) is 95.4 cm³/mol. The minimum Gasteiger partial charge on any atom is -0.340 e. The number of hydrogen-bond acceptors (Lipinski definition) is 4. The molecule has 1 aromatic heterocycles. The van der Waals surface area contributed by atoms with Gasteiger partial charge in [0.15, 0.2) is 0 Å². The molecule has 1 aromatic rings. The fraction of sp³-hybridized carbons (Fsp3) is 0.632. The van der Waals surface area contributed by atoms with Crippen molar-refractivity contribution in [3.05, 3.63) is 30.1 Å². The standard InChI is InChI=1S/C19H28N4O2/c1-18(2,20)17(25)22-11-3-7-19(13-22)8-4-16(24)23(14-19)12-15-5-9-21-10-6-15/h5-6,9-10H,3-4,7-8,11-14,20H2,1-2H3/t19-/m0/s1. The first kappa shape index (κ1) is 17.9. The van der Waals surface area contributed by atoms with E-state index < -0.39 is 5.54 Å². The Balaban J connectivity index is 1.72. The number of nitrogens with two attached hydrogens (primary N) is 1. The van der Waals surface area contributed by atoms with E-state index in [0.29, 0.717) is 26.1 Å². The molecule has 0 bridgehead atoms. The normalized spacial score (nSPS) is 24.7. The molecule has 2 amide bonds. The third kappa shape index (κ3) is 4.00. The summed E-state index contributed by atoms with van der Waals surface area (Å²) in [5.41, 5.74) is 6.26. The maximum atomic E-state index is 12.6. The number of carbonyl (C=O) groups excluding carboxylic acids is 2. The van der Waals surface area contributed by atoms with Crippen molar-refractivity contribution in [1.29, 1.82) is 0 Å². The Labute approximate surface area is 149 Å². The molecule has 6 heteroatoms. The van der Waals surface area contributed by atoms with E-state index in [-0.39, 0.29) is 17.2 Å². The molecule has 2 saturated heterocycles. The minimum atomic E-state index is -0.847. The zero-order valence-corrected chi connectivity index (χ0v) is 15.2. The summed E-state index contributed by atoms with van der Waals surface area (Å²) < 4.78 is 0. The zero-order chi connectivity index (χ0) is 18.1. The maximum absolute atomic E-state index is 12.6. The van der Waals surface area contributed by atoms with Gasteiger partial charge in [-0.1, -0.05) is 0 Å². The smallest absolute Gasteiger partial charge is 0.242 e. The Morgan fingerprint density at radius 1 is 1.28 bits per heavy atom. The molecule has 0 radical (unpaired) electrons. The second-order valence-electron chi connectivity index (χ2n) is 8.16. The van der Waals surface area contributed by atoms with Gasteiger partial charge in [0.1, 0.15) is 0 Å². The number of likely N-dealkylation sites (tertiary alicyclic amines) is 2. The lowest BCUT2D eigenvalue weighted by Crippen LogP contribution is -2.59. The molecule has 3 heterocycles. The van der Waals surface area contributed by atoms with Crippen molar-refractivity contribution in [1.82, 2.24) is 14.8 Å². The Morgan fingerprint density at radius 3 is 2.68 bits per heavy atom. The van der Waals surface area contributed by atoms with Crippen LogP contribution in [-0.4, -0.2) is 51.8 Å². The summed E-state index contributed by atoms with van der Waals surface area (Å²) in [6.07, 6.45) is 6.95. The van der Waals surface area contributed by atoms with Gasteiger partial charge in [-0.15, -0.1) is 0 Å². The van der Waals surface area contributed by atoms with Crippen molar-refractivity contribution < 1.29 is 9.59 Å². The maximum Gasteiger partial charge on any atom is 0.242 e. The number of carbonyl (C=O) groups is 2. The van der Waals surface area contributed by atoms with Crippen molar-refractivity contribution in [3.8, 4) is 0 Å². The summed E-state index contributed by atoms with van der Waals surface area (Å²) in [5, 5.41) is 0. The molecule has 3 rings (SSSR count). The van der Waals surface area contributed by atoms with Crippen LogP contribution in [0.4, 0.5) is 0 Å². The molecule has 0 saturated carbocycles. The van der Waals surface area contributed by atoms with E-state index in [2.05, 4.69) is 4.98 Å². The van der Waals surface area contributed by atoms with Gasteiger partial charge in [-0.05, 0) is 50.8 Å². The highest BCUT2D eigenvalue weighted by molar-refractivity contribution is 5.85. The number of rotatable bonds is 3. The Kier molecular flexibility index (Phi) is 4.82. The van der Waals surface area contributed by atoms with E-state index in [0.717, 1.165) is 31.4 Å². The quantitative estimate of drug-likeness (QED) is 0.902. The molecule has 0 aromatic carbocycles. The molecule has 1 atom stereocenters. The van der Waals surface area contributed by atoms with Gasteiger partial charge in [0, 0.05) is 50.4 Å². The number of amides is 2. The largest absolute Gasteiger partial charge is 0.340 e. The first-order chi connectivity index (χ1) is 11.8. The van der Waals surface area contributed by atoms with Crippen LogP contribution < -0.4 is 5.73 Å². The number of nitrogens with zero attached hydrogens (tertiary/aromatic N) is 3. The highest BCUT2D eigenvalue weighted by atomic mass is 16.2. The Bertz CT molecular complexity index is 641. The monoisotopic (exact) mass is 344 g/mol. The number of aromatic nitrogens is 1. The first-order valence-corrected chi connectivity index (χ1v) is 9.04. The van der Waals surface area contributed by atoms with E-state index in [9.17, 15) is 9.59 Å². The van der Waals surface area contributed by atoms with Crippen LogP contribution in [0.3, 0.4) is 0 Å². The van der Waals surface area contributed by atoms with E-state index >= 15 is 0 Å². The van der Waals surface area contributed by atoms with Crippen LogP contribution in [-0.2, 0) is 16.1 Å². The van der Waals surface area contributed by atoms with Gasteiger partial charge in [0.2, 0.25) is 11.8 Å². The van der Waals surface area contributed by atoms with E-state index in [1.165, 1.54) is 0 Å². The topological polar surface area (TPSA) is 79.5 Å². The average Bonchev–Trinajstić information content (AvgIpc) is 2.58. The molecule has 0 aliphatic carbocycles. The summed E-state index contributed by atoms with van der Waals surface area (Å²) in [6, 6.07) is 3.89. The van der Waals surface area contributed by atoms with Gasteiger partial charge >= 0.3 is 0 Å². The molecule has 0 unspecified atom stereocenters. The fourth-order valence-electron chi connectivity index (χ4n) is 4.08. The Morgan fingerprint density at radius 2 is 2.00 bits per heavy atom. The molecule has 1 spiro atoms. The van der Waals surface area contributed by atoms with Crippen LogP contribution >= 0.6 is 0 Å². The van der Waals surface area contributed by atoms with Crippen molar-refractivity contribution in [2.75, 3.05) is 19.6 Å². The molecule has 2 aliphatic heterocycles. The van der Waals surface area contributed by atoms with Gasteiger partial charge in [0.25, 0.3) is 0 Å². The number of pyridine rings is 1. The highest BCUT2D eigenvalue weighted by Gasteiger charge is 2.44. The van der Waals surface area contributed by atoms with Gasteiger partial charge in [-0.3, -0.25) is 14.6 Å². The van der Waals surface area contributed by atoms with Gasteiger partial charge < -0.3 is 15.5 Å². The lowest BCUT2D eigenvalue weighted by Gasteiger charge is -2.49. The van der Waals surface area contributed by atoms with Crippen molar-refractivity contribution in [2.45, 2.75) is 51.6 Å². The van der Waals surface area contributed by atoms with Crippen LogP contribution in [0, 0.1) is 5.41 Å². The highest BCUT2D eigenvalue weighted by Crippen LogP contribution is 2.39. The second kappa shape index (κ2) is 6.75. The number of piperidine rings is 2. The summed E-state index contributed by atoms with van der Waals surface area (Å²) in [6.45, 7) is 6.31. The van der Waals surface area contributed by atoms with Crippen molar-refractivity contribution in [3.63, 3.8) is 0 Å². The van der Waals surface area contributed by atoms with E-state index in [1.807, 2.05) is 21.9 Å². The van der Waals surface area contributed by atoms with Crippen molar-refractivity contribution >= 4 is 11.8 Å². The third-order valence-electron chi connectivity index (χ3n) is 5.37. The van der Waals surface area contributed by atoms with Crippen molar-refractivity contribution in [2.24, 2.45) is 11.1 Å². The minimum absolute atomic E-state index is 0.0000996. The van der Waals surface area contributed by atoms with Crippen LogP contribution in [0.5, 0.6) is 0 Å². The van der Waals surface area contributed by atoms with Crippen LogP contribution in [0.25, 0.3) is 0 Å². The lowest BCUT2D eigenvalue weighted by molar-refractivity contribution is -0.145. The summed E-state index contributed by atoms with van der Waals surface area (Å²) in [7, 11) is 0. The Hall–Kier alpha value is -1.95. The second-order valence-corrected chi connectivity index (χ2v) is 8.16. The van der Waals surface area contributed by atoms with E-state index in [4.69, 9.17) is 5.73 Å². The molecular formula is C19H28N4O2. The van der Waals surface area contributed by atoms with Gasteiger partial charge in [0.05, 0.1) is 5.54 Å². The molecular weight excluding hydrogens is 316 g/mol. The lowest BCUT2D eigenvalue weighted by atomic mass is 9.73. The first-order valence-electron chi connectivity index (χ1n) is 9.04. The van der Waals surface area contributed by atoms with Crippen LogP contribution in [0.2, 0.25) is 0 Å². The molecule has 2 N–H and O–H groups in total. The van der Waals surface area contributed by atoms with Gasteiger partial charge in [-0.25, -0.2) is 0 Å². The summed E-state index contributed by atoms with van der Waals surface area (Å²) in [4.78, 5) is 32.9. The summed E-state index contributed by atoms with van der Waals surface area (Å²) >= 11 is 0. The SMILES string of the molecule is CC(C)(N)C(=O)N1CCC[C@]2(CCC(=O)N(Cc3ccncc3)C2)C1. The molecule has 25 heavy (non-hydrogen) atoms. The third-order valence-corrected chi connectivity index (χ3v) is 5.37. The van der Waals surface area contributed by atoms with Gasteiger partial charge in [-0.2, -0.15) is 0 Å². The summed E-state index contributed by atoms with van der Waals surface area (Å²) in [5.74, 6) is 0.203. The van der Waals surface area contributed by atoms with E-state index in [1.54, 1.807) is 26.2 Å². The predicted octanol–water partition coefficient (Wildman–Crippen LogP) is 1.55.